The van der Waals surface area contributed by atoms with Crippen LogP contribution in [0.3, 0.4) is 0 Å². The summed E-state index contributed by atoms with van der Waals surface area (Å²) in [7, 11) is 1.68. The van der Waals surface area contributed by atoms with E-state index in [9.17, 15) is 4.79 Å². The number of methoxy groups -OCH3 is 1. The summed E-state index contributed by atoms with van der Waals surface area (Å²) in [6.45, 7) is 7.96. The van der Waals surface area contributed by atoms with Gasteiger partial charge in [-0.2, -0.15) is 0 Å². The number of nitrogens with zero attached hydrogens (tertiary/aromatic N) is 2. The van der Waals surface area contributed by atoms with E-state index in [0.717, 1.165) is 70.3 Å². The van der Waals surface area contributed by atoms with E-state index in [1.165, 1.54) is 11.3 Å². The number of hydrogen-bond acceptors (Lipinski definition) is 4. The number of amides is 1. The summed E-state index contributed by atoms with van der Waals surface area (Å²) >= 11 is 0. The quantitative estimate of drug-likeness (QED) is 0.822. The molecule has 0 bridgehead atoms. The van der Waals surface area contributed by atoms with E-state index in [1.54, 1.807) is 12.0 Å². The summed E-state index contributed by atoms with van der Waals surface area (Å²) in [6, 6.07) is 16.3. The topological polar surface area (TPSA) is 46.5 Å². The molecule has 1 N–H and O–H groups in total. The lowest BCUT2D eigenvalue weighted by Gasteiger charge is -2.36. The van der Waals surface area contributed by atoms with E-state index in [-0.39, 0.29) is 5.91 Å². The summed E-state index contributed by atoms with van der Waals surface area (Å²) in [5.41, 5.74) is 3.24. The molecule has 2 saturated heterocycles. The number of quaternary nitrogens is 1. The Labute approximate surface area is 172 Å². The normalized spacial score (nSPS) is 18.0. The number of carbonyl (C=O) groups excluding carboxylic acids is 1. The zero-order chi connectivity index (χ0) is 20.1. The summed E-state index contributed by atoms with van der Waals surface area (Å²) in [5, 5.41) is 0. The van der Waals surface area contributed by atoms with Crippen LogP contribution in [0.25, 0.3) is 0 Å². The van der Waals surface area contributed by atoms with Crippen molar-refractivity contribution in [2.75, 3.05) is 64.5 Å². The molecule has 0 saturated carbocycles. The van der Waals surface area contributed by atoms with Crippen LogP contribution in [0, 0.1) is 0 Å². The molecule has 0 radical (unpaired) electrons. The van der Waals surface area contributed by atoms with Gasteiger partial charge in [0.05, 0.1) is 20.3 Å². The Morgan fingerprint density at radius 2 is 1.62 bits per heavy atom. The van der Waals surface area contributed by atoms with Crippen LogP contribution in [-0.2, 0) is 11.3 Å². The molecule has 1 amide bonds. The van der Waals surface area contributed by atoms with E-state index < -0.39 is 0 Å². The van der Waals surface area contributed by atoms with Gasteiger partial charge < -0.3 is 24.2 Å². The highest BCUT2D eigenvalue weighted by atomic mass is 16.5. The molecular formula is C23H30N3O3+. The maximum atomic E-state index is 12.9. The molecule has 2 heterocycles. The fourth-order valence-electron chi connectivity index (χ4n) is 4.03. The fourth-order valence-corrected chi connectivity index (χ4v) is 4.03. The minimum atomic E-state index is 0.129. The highest BCUT2D eigenvalue weighted by Gasteiger charge is 2.22. The SMILES string of the molecule is COc1ccc(N2CCN(C(=O)c3ccc(C[NH+]4CCOCC4)cc3)CC2)cc1. The lowest BCUT2D eigenvalue weighted by Crippen LogP contribution is -3.12. The molecule has 0 aromatic heterocycles. The first-order chi connectivity index (χ1) is 14.2. The third-order valence-electron chi connectivity index (χ3n) is 5.86. The molecule has 0 unspecified atom stereocenters. The van der Waals surface area contributed by atoms with E-state index in [4.69, 9.17) is 9.47 Å². The number of hydrogen-bond donors (Lipinski definition) is 1. The second-order valence-electron chi connectivity index (χ2n) is 7.71. The van der Waals surface area contributed by atoms with Crippen LogP contribution < -0.4 is 14.5 Å². The Morgan fingerprint density at radius 1 is 0.966 bits per heavy atom. The molecule has 29 heavy (non-hydrogen) atoms. The van der Waals surface area contributed by atoms with Crippen LogP contribution in [0.5, 0.6) is 5.75 Å². The van der Waals surface area contributed by atoms with Gasteiger partial charge in [0.1, 0.15) is 25.4 Å². The first-order valence-electron chi connectivity index (χ1n) is 10.4. The van der Waals surface area contributed by atoms with Crippen LogP contribution >= 0.6 is 0 Å². The van der Waals surface area contributed by atoms with Gasteiger partial charge in [-0.15, -0.1) is 0 Å². The van der Waals surface area contributed by atoms with Crippen LogP contribution in [-0.4, -0.2) is 70.4 Å². The Kier molecular flexibility index (Phi) is 6.32. The van der Waals surface area contributed by atoms with Crippen molar-refractivity contribution < 1.29 is 19.2 Å². The summed E-state index contributed by atoms with van der Waals surface area (Å²) in [6.07, 6.45) is 0. The van der Waals surface area contributed by atoms with Crippen LogP contribution in [0.1, 0.15) is 15.9 Å². The summed E-state index contributed by atoms with van der Waals surface area (Å²) in [5.74, 6) is 0.992. The minimum absolute atomic E-state index is 0.129. The van der Waals surface area contributed by atoms with Crippen molar-refractivity contribution in [2.24, 2.45) is 0 Å². The number of benzene rings is 2. The Morgan fingerprint density at radius 3 is 2.24 bits per heavy atom. The molecule has 4 rings (SSSR count). The average molecular weight is 397 g/mol. The van der Waals surface area contributed by atoms with E-state index in [0.29, 0.717) is 0 Å². The van der Waals surface area contributed by atoms with Crippen LogP contribution in [0.15, 0.2) is 48.5 Å². The predicted octanol–water partition coefficient (Wildman–Crippen LogP) is 1.07. The molecule has 154 valence electrons. The van der Waals surface area contributed by atoms with Crippen molar-refractivity contribution in [1.29, 1.82) is 0 Å². The third-order valence-corrected chi connectivity index (χ3v) is 5.86. The zero-order valence-corrected chi connectivity index (χ0v) is 17.1. The first kappa shape index (κ1) is 19.7. The van der Waals surface area contributed by atoms with Gasteiger partial charge in [-0.3, -0.25) is 4.79 Å². The van der Waals surface area contributed by atoms with Gasteiger partial charge in [0, 0.05) is 43.0 Å². The van der Waals surface area contributed by atoms with Crippen molar-refractivity contribution in [1.82, 2.24) is 4.90 Å². The first-order valence-corrected chi connectivity index (χ1v) is 10.4. The number of ether oxygens (including phenoxy) is 2. The highest BCUT2D eigenvalue weighted by Crippen LogP contribution is 2.21. The Hall–Kier alpha value is -2.57. The van der Waals surface area contributed by atoms with Crippen molar-refractivity contribution in [3.8, 4) is 5.75 Å². The zero-order valence-electron chi connectivity index (χ0n) is 17.1. The van der Waals surface area contributed by atoms with Gasteiger partial charge >= 0.3 is 0 Å². The third kappa shape index (κ3) is 4.89. The lowest BCUT2D eigenvalue weighted by atomic mass is 10.1. The smallest absolute Gasteiger partial charge is 0.253 e. The maximum absolute atomic E-state index is 12.9. The van der Waals surface area contributed by atoms with Gasteiger partial charge in [0.25, 0.3) is 5.91 Å². The molecule has 0 spiro atoms. The second kappa shape index (κ2) is 9.29. The van der Waals surface area contributed by atoms with Crippen molar-refractivity contribution in [3.63, 3.8) is 0 Å². The Balaban J connectivity index is 1.30. The molecule has 2 fully saturated rings. The molecule has 6 heteroatoms. The van der Waals surface area contributed by atoms with Crippen molar-refractivity contribution in [2.45, 2.75) is 6.54 Å². The summed E-state index contributed by atoms with van der Waals surface area (Å²) in [4.78, 5) is 18.7. The average Bonchev–Trinajstić information content (AvgIpc) is 2.80. The molecule has 2 aliphatic rings. The van der Waals surface area contributed by atoms with E-state index in [2.05, 4.69) is 29.2 Å². The lowest BCUT2D eigenvalue weighted by molar-refractivity contribution is -0.921. The maximum Gasteiger partial charge on any atom is 0.253 e. The Bertz CT molecular complexity index is 793. The predicted molar refractivity (Wildman–Crippen MR) is 113 cm³/mol. The molecule has 6 nitrogen and oxygen atoms in total. The van der Waals surface area contributed by atoms with Crippen molar-refractivity contribution in [3.05, 3.63) is 59.7 Å². The van der Waals surface area contributed by atoms with Gasteiger partial charge in [0.15, 0.2) is 0 Å². The minimum Gasteiger partial charge on any atom is -0.497 e. The second-order valence-corrected chi connectivity index (χ2v) is 7.71. The molecule has 0 aliphatic carbocycles. The number of rotatable bonds is 5. The molecule has 2 aromatic carbocycles. The largest absolute Gasteiger partial charge is 0.497 e. The van der Waals surface area contributed by atoms with E-state index >= 15 is 0 Å². The van der Waals surface area contributed by atoms with Gasteiger partial charge in [0.2, 0.25) is 0 Å². The van der Waals surface area contributed by atoms with E-state index in [1.807, 2.05) is 29.2 Å². The van der Waals surface area contributed by atoms with Crippen LogP contribution in [0.4, 0.5) is 5.69 Å². The van der Waals surface area contributed by atoms with Gasteiger partial charge in [-0.05, 0) is 36.4 Å². The number of piperazine rings is 1. The molecule has 2 aliphatic heterocycles. The number of morpholine rings is 1. The van der Waals surface area contributed by atoms with Crippen molar-refractivity contribution >= 4 is 11.6 Å². The number of anilines is 1. The monoisotopic (exact) mass is 396 g/mol. The highest BCUT2D eigenvalue weighted by molar-refractivity contribution is 5.94. The standard InChI is InChI=1S/C23H29N3O3/c1-28-22-8-6-21(7-9-22)25-10-12-26(13-11-25)23(27)20-4-2-19(3-5-20)18-24-14-16-29-17-15-24/h2-9H,10-18H2,1H3/p+1. The van der Waals surface area contributed by atoms with Gasteiger partial charge in [-0.25, -0.2) is 0 Å². The number of carbonyl (C=O) groups is 1. The molecule has 0 atom stereocenters. The molecule has 2 aromatic rings. The van der Waals surface area contributed by atoms with Crippen LogP contribution in [0.2, 0.25) is 0 Å². The van der Waals surface area contributed by atoms with Gasteiger partial charge in [-0.1, -0.05) is 12.1 Å². The number of nitrogens with one attached hydrogen (secondary N) is 1. The molecular weight excluding hydrogens is 366 g/mol. The summed E-state index contributed by atoms with van der Waals surface area (Å²) < 4.78 is 10.6. The fraction of sp³-hybridized carbons (Fsp3) is 0.435.